The van der Waals surface area contributed by atoms with Crippen LogP contribution in [0.3, 0.4) is 0 Å². The number of halogens is 2. The van der Waals surface area contributed by atoms with E-state index >= 15 is 0 Å². The highest BCUT2D eigenvalue weighted by molar-refractivity contribution is 5.76. The summed E-state index contributed by atoms with van der Waals surface area (Å²) in [6, 6.07) is 3.34. The number of likely N-dealkylation sites (tertiary alicyclic amines) is 1. The number of piperidine rings is 1. The van der Waals surface area contributed by atoms with Crippen molar-refractivity contribution >= 4 is 5.91 Å². The van der Waals surface area contributed by atoms with Crippen LogP contribution in [0.25, 0.3) is 11.3 Å². The van der Waals surface area contributed by atoms with Crippen LogP contribution in [-0.4, -0.2) is 41.5 Å². The highest BCUT2D eigenvalue weighted by atomic mass is 19.1. The van der Waals surface area contributed by atoms with Crippen LogP contribution in [0.5, 0.6) is 0 Å². The predicted octanol–water partition coefficient (Wildman–Crippen LogP) is 4.04. The molecule has 1 N–H and O–H groups in total. The zero-order valence-electron chi connectivity index (χ0n) is 17.3. The zero-order valence-corrected chi connectivity index (χ0v) is 17.3. The molecule has 1 saturated heterocycles. The highest BCUT2D eigenvalue weighted by Gasteiger charge is 2.23. The first kappa shape index (κ1) is 21.4. The molecule has 5 nitrogen and oxygen atoms in total. The van der Waals surface area contributed by atoms with Crippen molar-refractivity contribution in [1.29, 1.82) is 0 Å². The summed E-state index contributed by atoms with van der Waals surface area (Å²) in [5.74, 6) is 0.526. The number of hydrogen-bond acceptors (Lipinski definition) is 4. The molecule has 1 aliphatic rings. The second kappa shape index (κ2) is 9.48. The Kier molecular flexibility index (Phi) is 7.00. The van der Waals surface area contributed by atoms with E-state index in [-0.39, 0.29) is 29.7 Å². The molecule has 1 amide bonds. The van der Waals surface area contributed by atoms with E-state index < -0.39 is 11.6 Å². The fourth-order valence-electron chi connectivity index (χ4n) is 4.18. The van der Waals surface area contributed by atoms with Crippen LogP contribution >= 0.6 is 0 Å². The van der Waals surface area contributed by atoms with Gasteiger partial charge < -0.3 is 14.6 Å². The lowest BCUT2D eigenvalue weighted by Crippen LogP contribution is -2.47. The number of carbonyl (C=O) groups is 1. The van der Waals surface area contributed by atoms with Crippen molar-refractivity contribution in [3.05, 3.63) is 41.9 Å². The summed E-state index contributed by atoms with van der Waals surface area (Å²) >= 11 is 0. The second-order valence-corrected chi connectivity index (χ2v) is 8.38. The summed E-state index contributed by atoms with van der Waals surface area (Å²) in [5, 5.41) is 3.03. The van der Waals surface area contributed by atoms with Crippen LogP contribution in [0.4, 0.5) is 8.78 Å². The lowest BCUT2D eigenvalue weighted by Gasteiger charge is -2.36. The highest BCUT2D eigenvalue weighted by Crippen LogP contribution is 2.24. The summed E-state index contributed by atoms with van der Waals surface area (Å²) in [5.41, 5.74) is 0.146. The van der Waals surface area contributed by atoms with Crippen LogP contribution in [0.2, 0.25) is 0 Å². The van der Waals surface area contributed by atoms with Crippen molar-refractivity contribution < 1.29 is 18.0 Å². The lowest BCUT2D eigenvalue weighted by atomic mass is 9.92. The third kappa shape index (κ3) is 6.10. The summed E-state index contributed by atoms with van der Waals surface area (Å²) in [6.07, 6.45) is 3.21. The molecule has 158 valence electrons. The molecule has 0 bridgehead atoms. The van der Waals surface area contributed by atoms with E-state index in [1.54, 1.807) is 0 Å². The van der Waals surface area contributed by atoms with E-state index in [4.69, 9.17) is 4.42 Å². The van der Waals surface area contributed by atoms with Gasteiger partial charge in [0.05, 0.1) is 11.8 Å². The topological polar surface area (TPSA) is 58.4 Å². The first-order chi connectivity index (χ1) is 13.8. The van der Waals surface area contributed by atoms with Crippen molar-refractivity contribution in [2.75, 3.05) is 19.6 Å². The minimum atomic E-state index is -0.708. The van der Waals surface area contributed by atoms with Gasteiger partial charge in [0, 0.05) is 44.6 Å². The van der Waals surface area contributed by atoms with Crippen molar-refractivity contribution in [2.24, 2.45) is 11.8 Å². The van der Waals surface area contributed by atoms with Crippen molar-refractivity contribution in [3.8, 4) is 11.3 Å². The average Bonchev–Trinajstić information content (AvgIpc) is 3.07. The quantitative estimate of drug-likeness (QED) is 0.756. The van der Waals surface area contributed by atoms with Gasteiger partial charge in [0.25, 0.3) is 0 Å². The van der Waals surface area contributed by atoms with Gasteiger partial charge in [-0.15, -0.1) is 0 Å². The first-order valence-electron chi connectivity index (χ1n) is 10.2. The Morgan fingerprint density at radius 3 is 2.72 bits per heavy atom. The monoisotopic (exact) mass is 405 g/mol. The van der Waals surface area contributed by atoms with Crippen LogP contribution in [0.15, 0.2) is 28.8 Å². The molecule has 0 radical (unpaired) electrons. The van der Waals surface area contributed by atoms with Crippen LogP contribution in [0, 0.1) is 23.5 Å². The Hall–Kier alpha value is -2.28. The molecule has 29 heavy (non-hydrogen) atoms. The summed E-state index contributed by atoms with van der Waals surface area (Å²) in [4.78, 5) is 18.8. The maximum Gasteiger partial charge on any atom is 0.220 e. The molecule has 1 aliphatic heterocycles. The number of nitrogens with zero attached hydrogens (tertiary/aromatic N) is 2. The molecule has 0 spiro atoms. The molecule has 3 rings (SSSR count). The fraction of sp³-hybridized carbons (Fsp3) is 0.545. The summed E-state index contributed by atoms with van der Waals surface area (Å²) in [7, 11) is 0. The standard InChI is InChI=1S/C22H29F2N3O2/c1-14-8-15(2)12-27(11-14)13-16(3)26-21(28)6-7-22-25-10-20(29-22)18-5-4-17(23)9-19(18)24/h4-5,9-10,14-16H,6-8,11-13H2,1-3H3,(H,26,28). The van der Waals surface area contributed by atoms with Gasteiger partial charge in [0.1, 0.15) is 11.6 Å². The Balaban J connectivity index is 1.46. The SMILES string of the molecule is CC1CC(C)CN(CC(C)NC(=O)CCc2ncc(-c3ccc(F)cc3F)o2)C1. The number of hydrogen-bond donors (Lipinski definition) is 1. The predicted molar refractivity (Wildman–Crippen MR) is 107 cm³/mol. The third-order valence-electron chi connectivity index (χ3n) is 5.20. The van der Waals surface area contributed by atoms with Crippen molar-refractivity contribution in [3.63, 3.8) is 0 Å². The molecule has 2 aromatic rings. The number of oxazole rings is 1. The number of rotatable bonds is 7. The van der Waals surface area contributed by atoms with E-state index in [9.17, 15) is 13.6 Å². The van der Waals surface area contributed by atoms with Gasteiger partial charge in [0.2, 0.25) is 5.91 Å². The number of carbonyl (C=O) groups excluding carboxylic acids is 1. The Bertz CT molecular complexity index is 829. The maximum absolute atomic E-state index is 13.8. The molecular weight excluding hydrogens is 376 g/mol. The van der Waals surface area contributed by atoms with Crippen LogP contribution < -0.4 is 5.32 Å². The minimum Gasteiger partial charge on any atom is -0.441 e. The summed E-state index contributed by atoms with van der Waals surface area (Å²) < 4.78 is 32.4. The fourth-order valence-corrected chi connectivity index (χ4v) is 4.18. The van der Waals surface area contributed by atoms with Crippen molar-refractivity contribution in [2.45, 2.75) is 46.1 Å². The smallest absolute Gasteiger partial charge is 0.220 e. The van der Waals surface area contributed by atoms with E-state index in [1.165, 1.54) is 24.8 Å². The van der Waals surface area contributed by atoms with Crippen molar-refractivity contribution in [1.82, 2.24) is 15.2 Å². The van der Waals surface area contributed by atoms with Gasteiger partial charge in [-0.3, -0.25) is 4.79 Å². The summed E-state index contributed by atoms with van der Waals surface area (Å²) in [6.45, 7) is 9.55. The Labute approximate surface area is 170 Å². The maximum atomic E-state index is 13.8. The molecule has 1 aromatic carbocycles. The van der Waals surface area contributed by atoms with E-state index in [0.29, 0.717) is 24.1 Å². The van der Waals surface area contributed by atoms with Gasteiger partial charge in [-0.1, -0.05) is 13.8 Å². The average molecular weight is 405 g/mol. The van der Waals surface area contributed by atoms with Crippen LogP contribution in [0.1, 0.15) is 39.5 Å². The van der Waals surface area contributed by atoms with E-state index in [0.717, 1.165) is 25.7 Å². The molecule has 2 heterocycles. The molecule has 1 aromatic heterocycles. The molecule has 0 aliphatic carbocycles. The first-order valence-corrected chi connectivity index (χ1v) is 10.2. The normalized spacial score (nSPS) is 21.1. The molecule has 1 fully saturated rings. The molecular formula is C22H29F2N3O2. The lowest BCUT2D eigenvalue weighted by molar-refractivity contribution is -0.121. The second-order valence-electron chi connectivity index (χ2n) is 8.38. The third-order valence-corrected chi connectivity index (χ3v) is 5.20. The number of aromatic nitrogens is 1. The number of aryl methyl sites for hydroxylation is 1. The van der Waals surface area contributed by atoms with Gasteiger partial charge in [0.15, 0.2) is 11.7 Å². The van der Waals surface area contributed by atoms with Gasteiger partial charge in [-0.05, 0) is 37.3 Å². The van der Waals surface area contributed by atoms with Gasteiger partial charge in [-0.2, -0.15) is 0 Å². The number of nitrogens with one attached hydrogen (secondary N) is 1. The molecule has 7 heteroatoms. The van der Waals surface area contributed by atoms with E-state index in [1.807, 2.05) is 6.92 Å². The van der Waals surface area contributed by atoms with Crippen LogP contribution in [-0.2, 0) is 11.2 Å². The number of amides is 1. The Morgan fingerprint density at radius 2 is 2.03 bits per heavy atom. The molecule has 3 unspecified atom stereocenters. The number of benzene rings is 1. The Morgan fingerprint density at radius 1 is 1.31 bits per heavy atom. The van der Waals surface area contributed by atoms with Gasteiger partial charge >= 0.3 is 0 Å². The van der Waals surface area contributed by atoms with Gasteiger partial charge in [-0.25, -0.2) is 13.8 Å². The minimum absolute atomic E-state index is 0.0634. The molecule has 3 atom stereocenters. The zero-order chi connectivity index (χ0) is 21.0. The molecule has 0 saturated carbocycles. The largest absolute Gasteiger partial charge is 0.441 e. The van der Waals surface area contributed by atoms with E-state index in [2.05, 4.69) is 29.0 Å².